The second kappa shape index (κ2) is 8.63. The number of para-hydroxylation sites is 1. The minimum absolute atomic E-state index is 0.275. The number of methoxy groups -OCH3 is 2. The summed E-state index contributed by atoms with van der Waals surface area (Å²) in [5, 5.41) is 0. The molecule has 2 aromatic carbocycles. The fraction of sp³-hybridized carbons (Fsp3) is 0.238. The lowest BCUT2D eigenvalue weighted by Gasteiger charge is -2.07. The van der Waals surface area contributed by atoms with E-state index in [4.69, 9.17) is 20.6 Å². The van der Waals surface area contributed by atoms with Crippen LogP contribution in [0.2, 0.25) is 0 Å². The number of amides is 1. The lowest BCUT2D eigenvalue weighted by Crippen LogP contribution is -2.17. The number of benzene rings is 2. The number of hydrogen-bond donors (Lipinski definition) is 0. The van der Waals surface area contributed by atoms with E-state index in [0.717, 1.165) is 10.2 Å². The molecule has 1 aromatic heterocycles. The normalized spacial score (nSPS) is 11.3. The highest BCUT2D eigenvalue weighted by atomic mass is 32.1. The molecule has 0 bridgehead atoms. The number of rotatable bonds is 6. The third-order valence-electron chi connectivity index (χ3n) is 4.01. The Morgan fingerprint density at radius 2 is 1.93 bits per heavy atom. The van der Waals surface area contributed by atoms with Crippen molar-refractivity contribution in [2.45, 2.75) is 13.5 Å². The van der Waals surface area contributed by atoms with Crippen molar-refractivity contribution in [3.8, 4) is 29.6 Å². The topological polar surface area (TPSA) is 62.1 Å². The molecule has 1 amide bonds. The lowest BCUT2D eigenvalue weighted by molar-refractivity contribution is 0.0997. The number of carbonyl (C=O) groups is 1. The van der Waals surface area contributed by atoms with Crippen LogP contribution in [0.3, 0.4) is 0 Å². The van der Waals surface area contributed by atoms with E-state index in [1.54, 1.807) is 18.2 Å². The summed E-state index contributed by atoms with van der Waals surface area (Å²) < 4.78 is 18.9. The van der Waals surface area contributed by atoms with Gasteiger partial charge in [0.25, 0.3) is 5.91 Å². The van der Waals surface area contributed by atoms with Gasteiger partial charge in [0.2, 0.25) is 0 Å². The Labute approximate surface area is 167 Å². The van der Waals surface area contributed by atoms with Crippen molar-refractivity contribution in [1.29, 1.82) is 0 Å². The van der Waals surface area contributed by atoms with Crippen LogP contribution in [0, 0.1) is 12.3 Å². The van der Waals surface area contributed by atoms with Gasteiger partial charge in [-0.05, 0) is 31.2 Å². The number of thiazole rings is 1. The molecule has 28 heavy (non-hydrogen) atoms. The van der Waals surface area contributed by atoms with E-state index in [1.807, 2.05) is 29.7 Å². The Balaban J connectivity index is 2.16. The van der Waals surface area contributed by atoms with Gasteiger partial charge in [-0.2, -0.15) is 4.99 Å². The third kappa shape index (κ3) is 3.87. The standard InChI is InChI=1S/C21H20N2O4S/c1-5-10-23-19-17(27-6-2)8-7-9-18(19)28-21(23)22-20(24)14-11-15(25-3)13-16(12-14)26-4/h1,7-9,11-13H,6,10H2,2-4H3. The highest BCUT2D eigenvalue weighted by Crippen LogP contribution is 2.28. The highest BCUT2D eigenvalue weighted by Gasteiger charge is 2.14. The molecule has 0 saturated heterocycles. The minimum atomic E-state index is -0.410. The zero-order valence-electron chi connectivity index (χ0n) is 15.9. The van der Waals surface area contributed by atoms with E-state index >= 15 is 0 Å². The molecule has 3 rings (SSSR count). The van der Waals surface area contributed by atoms with Crippen LogP contribution in [0.5, 0.6) is 17.2 Å². The van der Waals surface area contributed by atoms with Crippen molar-refractivity contribution < 1.29 is 19.0 Å². The summed E-state index contributed by atoms with van der Waals surface area (Å²) in [6, 6.07) is 10.7. The molecule has 6 nitrogen and oxygen atoms in total. The number of terminal acetylenes is 1. The summed E-state index contributed by atoms with van der Waals surface area (Å²) in [5.41, 5.74) is 1.20. The largest absolute Gasteiger partial charge is 0.497 e. The van der Waals surface area contributed by atoms with Gasteiger partial charge in [0.1, 0.15) is 22.8 Å². The van der Waals surface area contributed by atoms with Crippen LogP contribution in [0.15, 0.2) is 41.4 Å². The molecule has 7 heteroatoms. The first-order chi connectivity index (χ1) is 13.6. The van der Waals surface area contributed by atoms with Crippen LogP contribution in [0.1, 0.15) is 17.3 Å². The fourth-order valence-electron chi connectivity index (χ4n) is 2.78. The van der Waals surface area contributed by atoms with Crippen LogP contribution in [-0.4, -0.2) is 31.3 Å². The third-order valence-corrected chi connectivity index (χ3v) is 5.05. The van der Waals surface area contributed by atoms with Crippen molar-refractivity contribution in [2.24, 2.45) is 4.99 Å². The molecule has 0 aliphatic rings. The lowest BCUT2D eigenvalue weighted by atomic mass is 10.2. The zero-order chi connectivity index (χ0) is 20.1. The Hall–Kier alpha value is -3.24. The first kappa shape index (κ1) is 19.5. The van der Waals surface area contributed by atoms with Gasteiger partial charge in [0.05, 0.1) is 32.1 Å². The van der Waals surface area contributed by atoms with Gasteiger partial charge in [0.15, 0.2) is 4.80 Å². The molecule has 0 N–H and O–H groups in total. The Bertz CT molecular complexity index is 1100. The Morgan fingerprint density at radius 3 is 2.54 bits per heavy atom. The maximum absolute atomic E-state index is 12.8. The van der Waals surface area contributed by atoms with E-state index < -0.39 is 5.91 Å². The van der Waals surface area contributed by atoms with Crippen LogP contribution < -0.4 is 19.0 Å². The molecule has 0 saturated carbocycles. The van der Waals surface area contributed by atoms with Crippen LogP contribution in [0.4, 0.5) is 0 Å². The first-order valence-corrected chi connectivity index (χ1v) is 9.43. The van der Waals surface area contributed by atoms with Gasteiger partial charge < -0.3 is 18.8 Å². The van der Waals surface area contributed by atoms with E-state index in [-0.39, 0.29) is 6.54 Å². The van der Waals surface area contributed by atoms with E-state index in [0.29, 0.717) is 34.2 Å². The fourth-order valence-corrected chi connectivity index (χ4v) is 3.82. The number of hydrogen-bond acceptors (Lipinski definition) is 5. The van der Waals surface area contributed by atoms with Crippen molar-refractivity contribution in [2.75, 3.05) is 20.8 Å². The SMILES string of the molecule is C#CCn1c(=NC(=O)c2cc(OC)cc(OC)c2)sc2cccc(OCC)c21. The predicted molar refractivity (Wildman–Crippen MR) is 109 cm³/mol. The average Bonchev–Trinajstić information content (AvgIpc) is 3.06. The summed E-state index contributed by atoms with van der Waals surface area (Å²) >= 11 is 1.38. The molecule has 0 radical (unpaired) electrons. The van der Waals surface area contributed by atoms with E-state index in [2.05, 4.69) is 10.9 Å². The smallest absolute Gasteiger partial charge is 0.279 e. The van der Waals surface area contributed by atoms with Crippen LogP contribution in [0.25, 0.3) is 10.2 Å². The van der Waals surface area contributed by atoms with E-state index in [9.17, 15) is 4.79 Å². The molecule has 0 aliphatic heterocycles. The highest BCUT2D eigenvalue weighted by molar-refractivity contribution is 7.16. The average molecular weight is 396 g/mol. The Morgan fingerprint density at radius 1 is 1.21 bits per heavy atom. The molecular weight excluding hydrogens is 376 g/mol. The van der Waals surface area contributed by atoms with Gasteiger partial charge in [-0.25, -0.2) is 0 Å². The summed E-state index contributed by atoms with van der Waals surface area (Å²) in [6.07, 6.45) is 5.55. The van der Waals surface area contributed by atoms with Crippen molar-refractivity contribution in [3.05, 3.63) is 46.8 Å². The molecule has 0 unspecified atom stereocenters. The second-order valence-corrected chi connectivity index (χ2v) is 6.74. The number of fused-ring (bicyclic) bond motifs is 1. The van der Waals surface area contributed by atoms with Gasteiger partial charge in [0, 0.05) is 11.6 Å². The quantitative estimate of drug-likeness (QED) is 0.599. The second-order valence-electron chi connectivity index (χ2n) is 5.73. The summed E-state index contributed by atoms with van der Waals surface area (Å²) in [4.78, 5) is 17.7. The molecular formula is C21H20N2O4S. The molecule has 0 aliphatic carbocycles. The number of ether oxygens (including phenoxy) is 3. The molecule has 0 atom stereocenters. The molecule has 0 spiro atoms. The maximum atomic E-state index is 12.8. The van der Waals surface area contributed by atoms with Crippen molar-refractivity contribution in [1.82, 2.24) is 4.57 Å². The predicted octanol–water partition coefficient (Wildman–Crippen LogP) is 3.49. The number of nitrogens with zero attached hydrogens (tertiary/aromatic N) is 2. The summed E-state index contributed by atoms with van der Waals surface area (Å²) in [6.45, 7) is 2.72. The summed E-state index contributed by atoms with van der Waals surface area (Å²) in [7, 11) is 3.06. The van der Waals surface area contributed by atoms with Gasteiger partial charge in [-0.15, -0.1) is 6.42 Å². The number of carbonyl (C=O) groups excluding carboxylic acids is 1. The minimum Gasteiger partial charge on any atom is -0.497 e. The van der Waals surface area contributed by atoms with Crippen molar-refractivity contribution in [3.63, 3.8) is 0 Å². The summed E-state index contributed by atoms with van der Waals surface area (Å²) in [5.74, 6) is 3.96. The van der Waals surface area contributed by atoms with Crippen LogP contribution in [-0.2, 0) is 6.54 Å². The van der Waals surface area contributed by atoms with E-state index in [1.165, 1.54) is 25.6 Å². The van der Waals surface area contributed by atoms with Gasteiger partial charge in [-0.3, -0.25) is 4.79 Å². The molecule has 0 fully saturated rings. The molecule has 3 aromatic rings. The first-order valence-electron chi connectivity index (χ1n) is 8.62. The van der Waals surface area contributed by atoms with Crippen LogP contribution >= 0.6 is 11.3 Å². The molecule has 1 heterocycles. The zero-order valence-corrected chi connectivity index (χ0v) is 16.7. The van der Waals surface area contributed by atoms with Gasteiger partial charge >= 0.3 is 0 Å². The number of aromatic nitrogens is 1. The maximum Gasteiger partial charge on any atom is 0.279 e. The monoisotopic (exact) mass is 396 g/mol. The van der Waals surface area contributed by atoms with Crippen molar-refractivity contribution >= 4 is 27.5 Å². The Kier molecular flexibility index (Phi) is 6.02. The van der Waals surface area contributed by atoms with Gasteiger partial charge in [-0.1, -0.05) is 23.3 Å². The molecule has 144 valence electrons.